The third kappa shape index (κ3) is 6.13. The molecule has 2 bridgehead atoms. The minimum Gasteiger partial charge on any atom is -0.383 e. The van der Waals surface area contributed by atoms with Crippen LogP contribution in [0.4, 0.5) is 24.8 Å². The fourth-order valence-corrected chi connectivity index (χ4v) is 5.84. The largest absolute Gasteiger partial charge is 0.416 e. The Morgan fingerprint density at radius 1 is 1.11 bits per heavy atom. The number of hydrogen-bond acceptors (Lipinski definition) is 7. The van der Waals surface area contributed by atoms with Gasteiger partial charge in [-0.05, 0) is 49.9 Å². The summed E-state index contributed by atoms with van der Waals surface area (Å²) in [5.41, 5.74) is 8.78. The van der Waals surface area contributed by atoms with Crippen molar-refractivity contribution in [2.75, 3.05) is 24.1 Å². The molecule has 1 aliphatic carbocycles. The smallest absolute Gasteiger partial charge is 0.383 e. The fraction of sp³-hybridized carbons (Fsp3) is 0.323. The highest BCUT2D eigenvalue weighted by molar-refractivity contribution is 6.06. The van der Waals surface area contributed by atoms with E-state index in [1.54, 1.807) is 30.5 Å². The zero-order valence-corrected chi connectivity index (χ0v) is 23.7. The summed E-state index contributed by atoms with van der Waals surface area (Å²) >= 11 is 0. The number of carbonyl (C=O) groups is 2. The highest BCUT2D eigenvalue weighted by Gasteiger charge is 2.31. The molecule has 13 heteroatoms. The molecule has 0 unspecified atom stereocenters. The summed E-state index contributed by atoms with van der Waals surface area (Å²) in [5, 5.41) is 14.6. The molecule has 1 saturated carbocycles. The van der Waals surface area contributed by atoms with Crippen LogP contribution in [-0.2, 0) is 11.0 Å². The van der Waals surface area contributed by atoms with E-state index in [1.807, 2.05) is 16.8 Å². The number of alkyl halides is 3. The Morgan fingerprint density at radius 2 is 1.93 bits per heavy atom. The highest BCUT2D eigenvalue weighted by Crippen LogP contribution is 2.39. The van der Waals surface area contributed by atoms with Gasteiger partial charge in [0.15, 0.2) is 0 Å². The predicted molar refractivity (Wildman–Crippen MR) is 161 cm³/mol. The van der Waals surface area contributed by atoms with Crippen molar-refractivity contribution >= 4 is 40.4 Å². The second kappa shape index (κ2) is 12.1. The van der Waals surface area contributed by atoms with E-state index in [4.69, 9.17) is 10.8 Å². The molecule has 1 fully saturated rings. The summed E-state index contributed by atoms with van der Waals surface area (Å²) in [7, 11) is 0. The lowest BCUT2D eigenvalue weighted by atomic mass is 9.90. The van der Waals surface area contributed by atoms with Crippen molar-refractivity contribution in [1.82, 2.24) is 30.4 Å². The quantitative estimate of drug-likeness (QED) is 0.259. The average molecular weight is 605 g/mol. The number of amides is 2. The van der Waals surface area contributed by atoms with Crippen LogP contribution < -0.4 is 21.7 Å². The second-order valence-corrected chi connectivity index (χ2v) is 11.0. The Morgan fingerprint density at radius 3 is 2.73 bits per heavy atom. The van der Waals surface area contributed by atoms with Gasteiger partial charge in [-0.25, -0.2) is 9.97 Å². The van der Waals surface area contributed by atoms with Crippen LogP contribution in [0.25, 0.3) is 28.2 Å². The van der Waals surface area contributed by atoms with Gasteiger partial charge in [-0.1, -0.05) is 24.3 Å². The summed E-state index contributed by atoms with van der Waals surface area (Å²) in [6.07, 6.45) is 5.98. The molecule has 2 aliphatic rings. The van der Waals surface area contributed by atoms with Gasteiger partial charge >= 0.3 is 6.18 Å². The van der Waals surface area contributed by atoms with Gasteiger partial charge in [0, 0.05) is 54.6 Å². The van der Waals surface area contributed by atoms with E-state index < -0.39 is 17.6 Å². The van der Waals surface area contributed by atoms with Crippen molar-refractivity contribution < 1.29 is 22.8 Å². The molecule has 228 valence electrons. The Kier molecular flexibility index (Phi) is 8.04. The van der Waals surface area contributed by atoms with Crippen LogP contribution >= 0.6 is 0 Å². The molecule has 1 aromatic carbocycles. The van der Waals surface area contributed by atoms with E-state index in [0.29, 0.717) is 42.0 Å². The molecule has 5 N–H and O–H groups in total. The SMILES string of the molecule is Nc1ncc2c3c1c(-c1ccc(C(=O)Nc4cc(C(F)(F)F)ccn4)cc1)nn3[C@@H]1CCC[C@H](C1)NC(=O)CCNCC=C2. The maximum atomic E-state index is 13.1. The summed E-state index contributed by atoms with van der Waals surface area (Å²) in [6.45, 7) is 1.15. The first-order valence-electron chi connectivity index (χ1n) is 14.5. The van der Waals surface area contributed by atoms with Crippen LogP contribution in [0.1, 0.15) is 59.6 Å². The Hall–Kier alpha value is -4.78. The lowest BCUT2D eigenvalue weighted by molar-refractivity contribution is -0.137. The van der Waals surface area contributed by atoms with Gasteiger partial charge in [0.05, 0.1) is 22.5 Å². The fourth-order valence-electron chi connectivity index (χ4n) is 5.84. The zero-order valence-electron chi connectivity index (χ0n) is 23.7. The molecule has 2 atom stereocenters. The number of anilines is 2. The molecule has 0 saturated heterocycles. The third-order valence-corrected chi connectivity index (χ3v) is 7.98. The zero-order chi connectivity index (χ0) is 30.8. The molecule has 4 aromatic rings. The number of nitrogens with zero attached hydrogens (tertiary/aromatic N) is 4. The van der Waals surface area contributed by atoms with E-state index in [9.17, 15) is 22.8 Å². The Labute approximate surface area is 250 Å². The number of hydrogen-bond donors (Lipinski definition) is 4. The van der Waals surface area contributed by atoms with Crippen LogP contribution in [0.3, 0.4) is 0 Å². The number of pyridine rings is 2. The van der Waals surface area contributed by atoms with Crippen LogP contribution in [0, 0.1) is 0 Å². The van der Waals surface area contributed by atoms with Crippen molar-refractivity contribution in [3.05, 3.63) is 71.6 Å². The Bertz CT molecular complexity index is 1730. The van der Waals surface area contributed by atoms with Crippen molar-refractivity contribution in [2.24, 2.45) is 0 Å². The molecular weight excluding hydrogens is 573 g/mol. The van der Waals surface area contributed by atoms with Gasteiger partial charge < -0.3 is 21.7 Å². The summed E-state index contributed by atoms with van der Waals surface area (Å²) < 4.78 is 41.3. The minimum atomic E-state index is -4.55. The van der Waals surface area contributed by atoms with E-state index in [2.05, 4.69) is 25.9 Å². The van der Waals surface area contributed by atoms with Gasteiger partial charge in [-0.3, -0.25) is 14.3 Å². The molecule has 2 amide bonds. The molecule has 0 spiro atoms. The molecule has 1 aliphatic heterocycles. The molecule has 6 rings (SSSR count). The third-order valence-electron chi connectivity index (χ3n) is 7.98. The first-order chi connectivity index (χ1) is 21.2. The number of halogens is 3. The normalized spacial score (nSPS) is 19.3. The van der Waals surface area contributed by atoms with Gasteiger partial charge in [-0.15, -0.1) is 0 Å². The maximum Gasteiger partial charge on any atom is 0.416 e. The van der Waals surface area contributed by atoms with Gasteiger partial charge in [0.25, 0.3) is 5.91 Å². The minimum absolute atomic E-state index is 0.0188. The number of nitrogen functional groups attached to an aromatic ring is 1. The number of aromatic nitrogens is 4. The molecule has 44 heavy (non-hydrogen) atoms. The molecule has 3 aromatic heterocycles. The van der Waals surface area contributed by atoms with Crippen LogP contribution in [0.5, 0.6) is 0 Å². The van der Waals surface area contributed by atoms with E-state index >= 15 is 0 Å². The number of benzene rings is 1. The van der Waals surface area contributed by atoms with Crippen molar-refractivity contribution in [3.8, 4) is 11.3 Å². The number of fused-ring (bicyclic) bond motifs is 3. The van der Waals surface area contributed by atoms with Crippen molar-refractivity contribution in [2.45, 2.75) is 50.4 Å². The van der Waals surface area contributed by atoms with Crippen LogP contribution in [0.2, 0.25) is 0 Å². The average Bonchev–Trinajstić information content (AvgIpc) is 3.41. The molecule has 0 radical (unpaired) electrons. The topological polar surface area (TPSA) is 140 Å². The second-order valence-electron chi connectivity index (χ2n) is 11.0. The first-order valence-corrected chi connectivity index (χ1v) is 14.5. The van der Waals surface area contributed by atoms with E-state index in [-0.39, 0.29) is 29.4 Å². The van der Waals surface area contributed by atoms with Crippen LogP contribution in [-0.4, -0.2) is 50.7 Å². The number of nitrogens with two attached hydrogens (primary N) is 1. The first kappa shape index (κ1) is 29.3. The van der Waals surface area contributed by atoms with Crippen molar-refractivity contribution in [3.63, 3.8) is 0 Å². The summed E-state index contributed by atoms with van der Waals surface area (Å²) in [6, 6.07) is 8.27. The van der Waals surface area contributed by atoms with E-state index in [0.717, 1.165) is 55.1 Å². The highest BCUT2D eigenvalue weighted by atomic mass is 19.4. The summed E-state index contributed by atoms with van der Waals surface area (Å²) in [5.74, 6) is -0.465. The van der Waals surface area contributed by atoms with Gasteiger partial charge in [-0.2, -0.15) is 18.3 Å². The number of carbonyl (C=O) groups excluding carboxylic acids is 2. The molecule has 10 nitrogen and oxygen atoms in total. The maximum absolute atomic E-state index is 13.1. The molecular formula is C31H31F3N8O2. The van der Waals surface area contributed by atoms with E-state index in [1.165, 1.54) is 0 Å². The molecule has 4 heterocycles. The standard InChI is InChI=1S/C31H31F3N8O2/c32-31(33,34)21-10-14-37-24(15-21)40-30(44)19-8-6-18(7-9-19)27-26-28-20(17-38-29(26)35)3-2-12-36-13-11-25(43)39-22-4-1-5-23(16-22)42(28)41-27/h2-3,6-10,14-15,17,22-23,36H,1,4-5,11-13,16H2,(H2,35,38)(H,39,43)(H,37,40,44)/t22-,23-/m1/s1. The van der Waals surface area contributed by atoms with Crippen molar-refractivity contribution in [1.29, 1.82) is 0 Å². The number of nitrogens with one attached hydrogen (secondary N) is 3. The van der Waals surface area contributed by atoms with Crippen LogP contribution in [0.15, 0.2) is 54.9 Å². The summed E-state index contributed by atoms with van der Waals surface area (Å²) in [4.78, 5) is 33.7. The Balaban J connectivity index is 1.35. The number of rotatable bonds is 3. The lowest BCUT2D eigenvalue weighted by Gasteiger charge is -2.30. The monoisotopic (exact) mass is 604 g/mol. The van der Waals surface area contributed by atoms with Gasteiger partial charge in [0.1, 0.15) is 17.3 Å². The van der Waals surface area contributed by atoms with Gasteiger partial charge in [0.2, 0.25) is 5.91 Å². The lowest BCUT2D eigenvalue weighted by Crippen LogP contribution is -2.40. The predicted octanol–water partition coefficient (Wildman–Crippen LogP) is 4.95.